The lowest BCUT2D eigenvalue weighted by Gasteiger charge is -2.10. The summed E-state index contributed by atoms with van der Waals surface area (Å²) < 4.78 is 52.4. The van der Waals surface area contributed by atoms with E-state index in [1.165, 1.54) is 0 Å². The standard InChI is InChI=1S/C11H6F4N2O/c1-2-11(14,15)9-10(18)17-8-4-6(13)5(12)3-7(8)16-9/h2-4H,1H2,(H,17,18). The molecule has 0 radical (unpaired) electrons. The Morgan fingerprint density at radius 1 is 1.28 bits per heavy atom. The minimum absolute atomic E-state index is 0.164. The molecule has 0 saturated carbocycles. The van der Waals surface area contributed by atoms with Crippen LogP contribution in [0.5, 0.6) is 0 Å². The van der Waals surface area contributed by atoms with Crippen LogP contribution in [-0.4, -0.2) is 9.97 Å². The SMILES string of the molecule is C=CC(F)(F)c1nc2cc(F)c(F)cc2[nH]c1=O. The monoisotopic (exact) mass is 258 g/mol. The number of aromatic amines is 1. The first-order valence-electron chi connectivity index (χ1n) is 4.76. The van der Waals surface area contributed by atoms with Crippen molar-refractivity contribution >= 4 is 11.0 Å². The van der Waals surface area contributed by atoms with Crippen LogP contribution in [0.1, 0.15) is 5.69 Å². The van der Waals surface area contributed by atoms with Crippen molar-refractivity contribution in [2.45, 2.75) is 5.92 Å². The molecule has 0 aliphatic rings. The predicted molar refractivity (Wildman–Crippen MR) is 56.4 cm³/mol. The van der Waals surface area contributed by atoms with Gasteiger partial charge in [-0.2, -0.15) is 8.78 Å². The molecule has 18 heavy (non-hydrogen) atoms. The third-order valence-corrected chi connectivity index (χ3v) is 2.31. The molecule has 3 nitrogen and oxygen atoms in total. The molecular weight excluding hydrogens is 252 g/mol. The third-order valence-electron chi connectivity index (χ3n) is 2.31. The van der Waals surface area contributed by atoms with E-state index in [2.05, 4.69) is 11.6 Å². The van der Waals surface area contributed by atoms with Crippen molar-refractivity contribution in [3.05, 3.63) is 52.5 Å². The average molecular weight is 258 g/mol. The Bertz CT molecular complexity index is 693. The maximum Gasteiger partial charge on any atom is 0.313 e. The largest absolute Gasteiger partial charge is 0.319 e. The fourth-order valence-corrected chi connectivity index (χ4v) is 1.40. The molecule has 0 bridgehead atoms. The lowest BCUT2D eigenvalue weighted by molar-refractivity contribution is 0.0463. The van der Waals surface area contributed by atoms with Gasteiger partial charge in [-0.05, 0) is 6.08 Å². The zero-order chi connectivity index (χ0) is 13.5. The number of halogens is 4. The van der Waals surface area contributed by atoms with E-state index in [-0.39, 0.29) is 17.1 Å². The van der Waals surface area contributed by atoms with Gasteiger partial charge < -0.3 is 4.98 Å². The fourth-order valence-electron chi connectivity index (χ4n) is 1.40. The minimum atomic E-state index is -3.65. The normalized spacial score (nSPS) is 11.8. The van der Waals surface area contributed by atoms with Gasteiger partial charge in [0.1, 0.15) is 0 Å². The number of rotatable bonds is 2. The quantitative estimate of drug-likeness (QED) is 0.664. The molecule has 0 spiro atoms. The van der Waals surface area contributed by atoms with E-state index in [1.807, 2.05) is 4.98 Å². The Labute approximate surface area is 97.8 Å². The molecule has 0 atom stereocenters. The van der Waals surface area contributed by atoms with E-state index in [0.29, 0.717) is 12.1 Å². The number of nitrogens with zero attached hydrogens (tertiary/aromatic N) is 1. The van der Waals surface area contributed by atoms with Gasteiger partial charge in [-0.15, -0.1) is 0 Å². The number of hydrogen-bond donors (Lipinski definition) is 1. The van der Waals surface area contributed by atoms with Crippen LogP contribution in [0, 0.1) is 11.6 Å². The lowest BCUT2D eigenvalue weighted by atomic mass is 10.2. The number of aromatic nitrogens is 2. The first-order chi connectivity index (χ1) is 8.35. The van der Waals surface area contributed by atoms with Crippen molar-refractivity contribution in [1.82, 2.24) is 9.97 Å². The first-order valence-corrected chi connectivity index (χ1v) is 4.76. The second kappa shape index (κ2) is 3.94. The number of hydrogen-bond acceptors (Lipinski definition) is 2. The van der Waals surface area contributed by atoms with Crippen LogP contribution in [-0.2, 0) is 5.92 Å². The van der Waals surface area contributed by atoms with E-state index < -0.39 is 28.8 Å². The number of nitrogens with one attached hydrogen (secondary N) is 1. The van der Waals surface area contributed by atoms with Gasteiger partial charge in [0, 0.05) is 12.1 Å². The molecule has 1 heterocycles. The van der Waals surface area contributed by atoms with Crippen molar-refractivity contribution in [2.75, 3.05) is 0 Å². The van der Waals surface area contributed by atoms with Crippen molar-refractivity contribution in [2.24, 2.45) is 0 Å². The molecule has 0 aliphatic carbocycles. The maximum absolute atomic E-state index is 13.3. The molecule has 0 saturated heterocycles. The molecule has 1 aromatic carbocycles. The topological polar surface area (TPSA) is 45.8 Å². The Balaban J connectivity index is 2.80. The molecule has 0 amide bonds. The second-order valence-corrected chi connectivity index (χ2v) is 3.53. The predicted octanol–water partition coefficient (Wildman–Crippen LogP) is 2.48. The van der Waals surface area contributed by atoms with Crippen LogP contribution >= 0.6 is 0 Å². The Hall–Kier alpha value is -2.18. The smallest absolute Gasteiger partial charge is 0.313 e. The highest BCUT2D eigenvalue weighted by molar-refractivity contribution is 5.74. The maximum atomic E-state index is 13.3. The highest BCUT2D eigenvalue weighted by atomic mass is 19.3. The van der Waals surface area contributed by atoms with E-state index in [9.17, 15) is 22.4 Å². The van der Waals surface area contributed by atoms with E-state index >= 15 is 0 Å². The van der Waals surface area contributed by atoms with Gasteiger partial charge in [-0.1, -0.05) is 6.58 Å². The van der Waals surface area contributed by atoms with Gasteiger partial charge in [0.15, 0.2) is 17.3 Å². The lowest BCUT2D eigenvalue weighted by Crippen LogP contribution is -2.25. The molecule has 2 rings (SSSR count). The molecule has 0 unspecified atom stereocenters. The van der Waals surface area contributed by atoms with Gasteiger partial charge in [0.25, 0.3) is 5.56 Å². The first kappa shape index (κ1) is 12.3. The summed E-state index contributed by atoms with van der Waals surface area (Å²) in [6.07, 6.45) is 0.246. The molecule has 0 fully saturated rings. The number of alkyl halides is 2. The summed E-state index contributed by atoms with van der Waals surface area (Å²) in [5.41, 5.74) is -2.73. The highest BCUT2D eigenvalue weighted by Crippen LogP contribution is 2.25. The molecular formula is C11H6F4N2O. The second-order valence-electron chi connectivity index (χ2n) is 3.53. The van der Waals surface area contributed by atoms with Crippen LogP contribution in [0.4, 0.5) is 17.6 Å². The van der Waals surface area contributed by atoms with Crippen LogP contribution in [0.25, 0.3) is 11.0 Å². The van der Waals surface area contributed by atoms with Gasteiger partial charge in [0.2, 0.25) is 0 Å². The summed E-state index contributed by atoms with van der Waals surface area (Å²) in [4.78, 5) is 16.7. The molecule has 0 aliphatic heterocycles. The van der Waals surface area contributed by atoms with Gasteiger partial charge in [0.05, 0.1) is 11.0 Å². The van der Waals surface area contributed by atoms with Gasteiger partial charge in [-0.3, -0.25) is 4.79 Å². The molecule has 2 aromatic rings. The summed E-state index contributed by atoms with van der Waals surface area (Å²) in [6.45, 7) is 2.88. The van der Waals surface area contributed by atoms with Crippen molar-refractivity contribution < 1.29 is 17.6 Å². The van der Waals surface area contributed by atoms with Crippen LogP contribution in [0.15, 0.2) is 29.6 Å². The molecule has 1 aromatic heterocycles. The number of benzene rings is 1. The number of fused-ring (bicyclic) bond motifs is 1. The van der Waals surface area contributed by atoms with Crippen molar-refractivity contribution in [3.8, 4) is 0 Å². The zero-order valence-electron chi connectivity index (χ0n) is 8.81. The van der Waals surface area contributed by atoms with Crippen LogP contribution < -0.4 is 5.56 Å². The summed E-state index contributed by atoms with van der Waals surface area (Å²) >= 11 is 0. The van der Waals surface area contributed by atoms with Gasteiger partial charge in [-0.25, -0.2) is 13.8 Å². The summed E-state index contributed by atoms with van der Waals surface area (Å²) in [6, 6.07) is 1.30. The minimum Gasteiger partial charge on any atom is -0.319 e. The molecule has 7 heteroatoms. The molecule has 94 valence electrons. The van der Waals surface area contributed by atoms with Crippen LogP contribution in [0.3, 0.4) is 0 Å². The Morgan fingerprint density at radius 3 is 2.50 bits per heavy atom. The summed E-state index contributed by atoms with van der Waals surface area (Å²) in [5, 5.41) is 0. The third kappa shape index (κ3) is 1.87. The van der Waals surface area contributed by atoms with Gasteiger partial charge >= 0.3 is 5.92 Å². The number of H-pyrrole nitrogens is 1. The Kier molecular flexibility index (Phi) is 2.68. The Morgan fingerprint density at radius 2 is 1.89 bits per heavy atom. The van der Waals surface area contributed by atoms with E-state index in [1.54, 1.807) is 0 Å². The van der Waals surface area contributed by atoms with E-state index in [0.717, 1.165) is 0 Å². The summed E-state index contributed by atoms with van der Waals surface area (Å²) in [7, 11) is 0. The van der Waals surface area contributed by atoms with Crippen molar-refractivity contribution in [3.63, 3.8) is 0 Å². The average Bonchev–Trinajstić information content (AvgIpc) is 2.30. The van der Waals surface area contributed by atoms with Crippen molar-refractivity contribution in [1.29, 1.82) is 0 Å². The molecule has 1 N–H and O–H groups in total. The number of allylic oxidation sites excluding steroid dienone is 1. The fraction of sp³-hybridized carbons (Fsp3) is 0.0909. The highest BCUT2D eigenvalue weighted by Gasteiger charge is 2.32. The summed E-state index contributed by atoms with van der Waals surface area (Å²) in [5.74, 6) is -6.09. The van der Waals surface area contributed by atoms with E-state index in [4.69, 9.17) is 0 Å². The zero-order valence-corrected chi connectivity index (χ0v) is 8.81. The van der Waals surface area contributed by atoms with Crippen LogP contribution in [0.2, 0.25) is 0 Å².